The molecule has 0 atom stereocenters. The van der Waals surface area contributed by atoms with Gasteiger partial charge in [-0.2, -0.15) is 0 Å². The molecule has 1 fully saturated rings. The number of sulfone groups is 1. The van der Waals surface area contributed by atoms with E-state index in [0.29, 0.717) is 20.8 Å². The largest absolute Gasteiger partial charge is 0.384 e. The molecule has 0 spiro atoms. The zero-order chi connectivity index (χ0) is 28.4. The predicted octanol–water partition coefficient (Wildman–Crippen LogP) is 4.14. The van der Waals surface area contributed by atoms with E-state index in [1.54, 1.807) is 18.2 Å². The Bertz CT molecular complexity index is 1810. The molecule has 0 unspecified atom stereocenters. The molecule has 2 N–H and O–H groups in total. The van der Waals surface area contributed by atoms with Crippen molar-refractivity contribution >= 4 is 66.7 Å². The molecule has 40 heavy (non-hydrogen) atoms. The molecule has 1 aliphatic heterocycles. The maximum absolute atomic E-state index is 13.3. The number of aromatic nitrogens is 2. The van der Waals surface area contributed by atoms with Crippen molar-refractivity contribution in [3.63, 3.8) is 0 Å². The minimum atomic E-state index is -3.81. The van der Waals surface area contributed by atoms with Crippen LogP contribution in [-0.4, -0.2) is 60.6 Å². The van der Waals surface area contributed by atoms with Crippen LogP contribution < -0.4 is 16.6 Å². The number of likely N-dealkylation sites (tertiary alicyclic amines) is 1. The number of nitrogens with one attached hydrogen (secondary N) is 2. The average Bonchev–Trinajstić information content (AvgIpc) is 3.57. The van der Waals surface area contributed by atoms with E-state index in [1.165, 1.54) is 43.2 Å². The SMILES string of the molecule is O=C(Cc1ccc(-n2c(=O)[nH]c3cc(NCCN4CCCC4)ccc3c2=O)c(Cl)c1)CS(=O)(=O)c1ccc(Cl)s1. The molecule has 210 valence electrons. The number of carbonyl (C=O) groups excluding carboxylic acids is 1. The molecule has 1 saturated heterocycles. The molecule has 3 heterocycles. The molecule has 1 aliphatic rings. The Morgan fingerprint density at radius 3 is 2.50 bits per heavy atom. The van der Waals surface area contributed by atoms with Crippen LogP contribution in [-0.2, 0) is 21.1 Å². The van der Waals surface area contributed by atoms with Crippen molar-refractivity contribution < 1.29 is 13.2 Å². The zero-order valence-electron chi connectivity index (χ0n) is 21.3. The van der Waals surface area contributed by atoms with Crippen LogP contribution in [0, 0.1) is 0 Å². The third kappa shape index (κ3) is 6.34. The number of H-pyrrole nitrogens is 1. The second-order valence-corrected chi connectivity index (χ2v) is 14.0. The second-order valence-electron chi connectivity index (χ2n) is 9.63. The molecular formula is C27H26Cl2N4O5S2. The minimum absolute atomic E-state index is 0.0270. The van der Waals surface area contributed by atoms with E-state index in [-0.39, 0.29) is 21.3 Å². The van der Waals surface area contributed by atoms with Gasteiger partial charge in [-0.1, -0.05) is 29.3 Å². The highest BCUT2D eigenvalue weighted by molar-refractivity contribution is 7.94. The maximum Gasteiger partial charge on any atom is 0.333 e. The van der Waals surface area contributed by atoms with Gasteiger partial charge in [0.15, 0.2) is 15.6 Å². The van der Waals surface area contributed by atoms with Gasteiger partial charge in [-0.15, -0.1) is 11.3 Å². The van der Waals surface area contributed by atoms with Crippen LogP contribution in [0.3, 0.4) is 0 Å². The van der Waals surface area contributed by atoms with Crippen molar-refractivity contribution in [2.75, 3.05) is 37.2 Å². The molecule has 0 saturated carbocycles. The summed E-state index contributed by atoms with van der Waals surface area (Å²) in [5, 5.41) is 3.73. The smallest absolute Gasteiger partial charge is 0.333 e. The lowest BCUT2D eigenvalue weighted by atomic mass is 10.1. The van der Waals surface area contributed by atoms with Gasteiger partial charge in [0.05, 0.1) is 25.9 Å². The van der Waals surface area contributed by atoms with Gasteiger partial charge in [0.1, 0.15) is 9.96 Å². The Labute approximate surface area is 244 Å². The highest BCUT2D eigenvalue weighted by Crippen LogP contribution is 2.27. The number of benzene rings is 2. The van der Waals surface area contributed by atoms with Crippen molar-refractivity contribution in [1.82, 2.24) is 14.5 Å². The fourth-order valence-corrected chi connectivity index (χ4v) is 7.88. The Morgan fingerprint density at radius 1 is 1.02 bits per heavy atom. The van der Waals surface area contributed by atoms with Gasteiger partial charge >= 0.3 is 5.69 Å². The number of rotatable bonds is 10. The van der Waals surface area contributed by atoms with Crippen LogP contribution in [0.1, 0.15) is 18.4 Å². The van der Waals surface area contributed by atoms with E-state index >= 15 is 0 Å². The molecule has 2 aromatic heterocycles. The van der Waals surface area contributed by atoms with Crippen LogP contribution in [0.2, 0.25) is 9.36 Å². The number of fused-ring (bicyclic) bond motifs is 1. The van der Waals surface area contributed by atoms with E-state index in [0.717, 1.165) is 47.8 Å². The zero-order valence-corrected chi connectivity index (χ0v) is 24.4. The summed E-state index contributed by atoms with van der Waals surface area (Å²) in [7, 11) is -3.81. The van der Waals surface area contributed by atoms with Gasteiger partial charge in [-0.05, 0) is 74.0 Å². The van der Waals surface area contributed by atoms with Crippen molar-refractivity contribution in [2.45, 2.75) is 23.5 Å². The Hall–Kier alpha value is -2.96. The van der Waals surface area contributed by atoms with E-state index in [2.05, 4.69) is 15.2 Å². The number of hydrogen-bond donors (Lipinski definition) is 2. The lowest BCUT2D eigenvalue weighted by molar-refractivity contribution is -0.116. The fraction of sp³-hybridized carbons (Fsp3) is 0.296. The first kappa shape index (κ1) is 28.6. The number of carbonyl (C=O) groups is 1. The van der Waals surface area contributed by atoms with E-state index < -0.39 is 32.6 Å². The summed E-state index contributed by atoms with van der Waals surface area (Å²) in [4.78, 5) is 43.9. The summed E-state index contributed by atoms with van der Waals surface area (Å²) in [5.41, 5.74) is 0.624. The number of ketones is 1. The van der Waals surface area contributed by atoms with Crippen LogP contribution in [0.5, 0.6) is 0 Å². The second kappa shape index (κ2) is 11.9. The van der Waals surface area contributed by atoms with Crippen LogP contribution in [0.25, 0.3) is 16.6 Å². The average molecular weight is 622 g/mol. The first-order valence-corrected chi connectivity index (χ1v) is 15.9. The van der Waals surface area contributed by atoms with Gasteiger partial charge < -0.3 is 15.2 Å². The molecule has 0 radical (unpaired) electrons. The van der Waals surface area contributed by atoms with Gasteiger partial charge in [-0.3, -0.25) is 9.59 Å². The van der Waals surface area contributed by atoms with Crippen molar-refractivity contribution in [3.8, 4) is 5.69 Å². The summed E-state index contributed by atoms with van der Waals surface area (Å²) >= 11 is 13.1. The quantitative estimate of drug-likeness (QED) is 0.273. The lowest BCUT2D eigenvalue weighted by Gasteiger charge is -2.15. The number of hydrogen-bond acceptors (Lipinski definition) is 8. The van der Waals surface area contributed by atoms with Gasteiger partial charge in [0, 0.05) is 25.2 Å². The van der Waals surface area contributed by atoms with E-state index in [1.807, 2.05) is 0 Å². The molecule has 0 aliphatic carbocycles. The van der Waals surface area contributed by atoms with Crippen LogP contribution >= 0.6 is 34.5 Å². The van der Waals surface area contributed by atoms with Crippen LogP contribution in [0.15, 0.2) is 62.3 Å². The highest BCUT2D eigenvalue weighted by Gasteiger charge is 2.22. The number of halogens is 2. The summed E-state index contributed by atoms with van der Waals surface area (Å²) in [6, 6.07) is 12.5. The number of aromatic amines is 1. The van der Waals surface area contributed by atoms with Gasteiger partial charge in [-0.25, -0.2) is 17.8 Å². The molecule has 4 aromatic rings. The third-order valence-electron chi connectivity index (χ3n) is 6.71. The van der Waals surface area contributed by atoms with E-state index in [4.69, 9.17) is 23.2 Å². The monoisotopic (exact) mass is 620 g/mol. The first-order chi connectivity index (χ1) is 19.1. The Balaban J connectivity index is 1.32. The lowest BCUT2D eigenvalue weighted by Crippen LogP contribution is -2.33. The normalized spacial score (nSPS) is 14.2. The van der Waals surface area contributed by atoms with E-state index in [9.17, 15) is 22.8 Å². The number of anilines is 1. The third-order valence-corrected chi connectivity index (χ3v) is 10.5. The molecule has 9 nitrogen and oxygen atoms in total. The summed E-state index contributed by atoms with van der Waals surface area (Å²) in [6.45, 7) is 3.90. The topological polar surface area (TPSA) is 121 Å². The summed E-state index contributed by atoms with van der Waals surface area (Å²) < 4.78 is 26.3. The number of thiophene rings is 1. The van der Waals surface area contributed by atoms with Crippen molar-refractivity contribution in [3.05, 3.63) is 84.3 Å². The van der Waals surface area contributed by atoms with Gasteiger partial charge in [0.25, 0.3) is 5.56 Å². The van der Waals surface area contributed by atoms with Gasteiger partial charge in [0.2, 0.25) is 0 Å². The Kier molecular flexibility index (Phi) is 8.48. The molecule has 0 amide bonds. The van der Waals surface area contributed by atoms with Crippen LogP contribution in [0.4, 0.5) is 5.69 Å². The summed E-state index contributed by atoms with van der Waals surface area (Å²) in [5.74, 6) is -1.21. The molecule has 2 aromatic carbocycles. The maximum atomic E-state index is 13.3. The fourth-order valence-electron chi connectivity index (χ4n) is 4.78. The molecule has 0 bridgehead atoms. The standard InChI is InChI=1S/C27H26Cl2N4O5S2/c28-21-14-17(13-19(34)16-40(37,38)25-8-7-24(29)39-25)3-6-23(21)33-26(35)20-5-4-18(15-22(20)31-27(33)36)30-9-12-32-10-1-2-11-32/h3-8,14-15,30H,1-2,9-13,16H2,(H,31,36). The molecule has 13 heteroatoms. The highest BCUT2D eigenvalue weighted by atomic mass is 35.5. The van der Waals surface area contributed by atoms with Crippen molar-refractivity contribution in [2.24, 2.45) is 0 Å². The molecular weight excluding hydrogens is 595 g/mol. The predicted molar refractivity (Wildman–Crippen MR) is 159 cm³/mol. The van der Waals surface area contributed by atoms with Crippen molar-refractivity contribution in [1.29, 1.82) is 0 Å². The minimum Gasteiger partial charge on any atom is -0.384 e. The number of nitrogens with zero attached hydrogens (tertiary/aromatic N) is 2. The first-order valence-electron chi connectivity index (χ1n) is 12.6. The number of Topliss-reactive ketones (excluding diaryl/α,β-unsaturated/α-hetero) is 1. The Morgan fingerprint density at radius 2 is 1.80 bits per heavy atom. The summed E-state index contributed by atoms with van der Waals surface area (Å²) in [6.07, 6.45) is 2.27. The molecule has 5 rings (SSSR count).